The van der Waals surface area contributed by atoms with Crippen LogP contribution in [-0.2, 0) is 6.54 Å². The zero-order chi connectivity index (χ0) is 13.8. The maximum Gasteiger partial charge on any atom is 0.311 e. The van der Waals surface area contributed by atoms with Crippen molar-refractivity contribution in [1.29, 1.82) is 0 Å². The van der Waals surface area contributed by atoms with Crippen LogP contribution in [0, 0.1) is 17.0 Å². The molecule has 7 nitrogen and oxygen atoms in total. The van der Waals surface area contributed by atoms with Gasteiger partial charge >= 0.3 is 5.69 Å². The molecule has 0 aliphatic rings. The highest BCUT2D eigenvalue weighted by atomic mass is 16.6. The molecule has 0 aromatic carbocycles. The second kappa shape index (κ2) is 5.30. The fourth-order valence-electron chi connectivity index (χ4n) is 1.62. The van der Waals surface area contributed by atoms with Crippen molar-refractivity contribution in [1.82, 2.24) is 9.97 Å². The van der Waals surface area contributed by atoms with Crippen molar-refractivity contribution in [2.45, 2.75) is 13.5 Å². The van der Waals surface area contributed by atoms with Crippen LogP contribution in [-0.4, -0.2) is 14.9 Å². The topological polar surface area (TPSA) is 107 Å². The van der Waals surface area contributed by atoms with Crippen LogP contribution in [0.5, 0.6) is 0 Å². The van der Waals surface area contributed by atoms with Crippen LogP contribution in [0.2, 0.25) is 0 Å². The van der Waals surface area contributed by atoms with Crippen molar-refractivity contribution >= 4 is 17.3 Å². The van der Waals surface area contributed by atoms with Gasteiger partial charge in [-0.05, 0) is 24.6 Å². The van der Waals surface area contributed by atoms with Gasteiger partial charge in [-0.15, -0.1) is 0 Å². The summed E-state index contributed by atoms with van der Waals surface area (Å²) in [6.07, 6.45) is 1.67. The van der Waals surface area contributed by atoms with Gasteiger partial charge in [0.05, 0.1) is 17.2 Å². The lowest BCUT2D eigenvalue weighted by atomic mass is 10.2. The van der Waals surface area contributed by atoms with E-state index >= 15 is 0 Å². The van der Waals surface area contributed by atoms with Crippen LogP contribution in [0.4, 0.5) is 17.3 Å². The van der Waals surface area contributed by atoms with Crippen molar-refractivity contribution < 1.29 is 4.92 Å². The van der Waals surface area contributed by atoms with E-state index in [9.17, 15) is 10.1 Å². The maximum atomic E-state index is 10.9. The number of rotatable bonds is 4. The minimum absolute atomic E-state index is 0.109. The summed E-state index contributed by atoms with van der Waals surface area (Å²) in [5.74, 6) is 0.376. The molecule has 2 heterocycles. The Kier molecular flexibility index (Phi) is 3.56. The molecule has 0 saturated heterocycles. The second-order valence-corrected chi connectivity index (χ2v) is 3.98. The molecular weight excluding hydrogens is 246 g/mol. The van der Waals surface area contributed by atoms with Crippen LogP contribution >= 0.6 is 0 Å². The summed E-state index contributed by atoms with van der Waals surface area (Å²) in [6.45, 7) is 2.27. The molecule has 2 rings (SSSR count). The number of nitrogens with one attached hydrogen (secondary N) is 1. The summed E-state index contributed by atoms with van der Waals surface area (Å²) in [7, 11) is 0. The Balaban J connectivity index is 2.22. The van der Waals surface area contributed by atoms with Gasteiger partial charge < -0.3 is 11.1 Å². The third-order valence-corrected chi connectivity index (χ3v) is 2.63. The zero-order valence-electron chi connectivity index (χ0n) is 10.3. The molecule has 0 aliphatic carbocycles. The summed E-state index contributed by atoms with van der Waals surface area (Å²) in [4.78, 5) is 18.5. The molecule has 98 valence electrons. The average molecular weight is 259 g/mol. The van der Waals surface area contributed by atoms with E-state index in [0.29, 0.717) is 6.54 Å². The number of nitrogens with two attached hydrogens (primary N) is 1. The summed E-state index contributed by atoms with van der Waals surface area (Å²) in [5.41, 5.74) is 7.24. The molecule has 2 aromatic heterocycles. The molecule has 2 aromatic rings. The van der Waals surface area contributed by atoms with Crippen molar-refractivity contribution in [2.75, 3.05) is 11.1 Å². The van der Waals surface area contributed by atoms with Gasteiger partial charge in [-0.25, -0.2) is 4.98 Å². The van der Waals surface area contributed by atoms with Gasteiger partial charge in [0.1, 0.15) is 5.82 Å². The lowest BCUT2D eigenvalue weighted by Crippen LogP contribution is -2.08. The van der Waals surface area contributed by atoms with Gasteiger partial charge in [0, 0.05) is 12.3 Å². The first-order chi connectivity index (χ1) is 9.08. The molecule has 0 bridgehead atoms. The van der Waals surface area contributed by atoms with Gasteiger partial charge in [0.2, 0.25) is 5.82 Å². The number of pyridine rings is 2. The van der Waals surface area contributed by atoms with Crippen molar-refractivity contribution in [2.24, 2.45) is 0 Å². The predicted molar refractivity (Wildman–Crippen MR) is 71.6 cm³/mol. The summed E-state index contributed by atoms with van der Waals surface area (Å²) in [5, 5.41) is 13.8. The molecule has 0 radical (unpaired) electrons. The standard InChI is InChI=1S/C12H13N5O2/c1-8-3-2-6-14-9(8)7-15-12-10(17(18)19)4-5-11(13)16-12/h2-6H,7H2,1H3,(H3,13,15,16). The number of anilines is 2. The average Bonchev–Trinajstić information content (AvgIpc) is 2.37. The van der Waals surface area contributed by atoms with E-state index < -0.39 is 4.92 Å². The van der Waals surface area contributed by atoms with E-state index in [1.54, 1.807) is 6.20 Å². The van der Waals surface area contributed by atoms with Gasteiger partial charge in [0.25, 0.3) is 0 Å². The zero-order valence-corrected chi connectivity index (χ0v) is 10.3. The van der Waals surface area contributed by atoms with E-state index in [1.165, 1.54) is 12.1 Å². The Morgan fingerprint density at radius 3 is 2.89 bits per heavy atom. The minimum atomic E-state index is -0.500. The predicted octanol–water partition coefficient (Wildman–Crippen LogP) is 1.89. The molecule has 3 N–H and O–H groups in total. The fraction of sp³-hybridized carbons (Fsp3) is 0.167. The molecule has 0 spiro atoms. The number of nitro groups is 1. The second-order valence-electron chi connectivity index (χ2n) is 3.98. The quantitative estimate of drug-likeness (QED) is 0.641. The molecule has 0 amide bonds. The van der Waals surface area contributed by atoms with Gasteiger partial charge in [-0.3, -0.25) is 15.1 Å². The van der Waals surface area contributed by atoms with Gasteiger partial charge in [-0.2, -0.15) is 0 Å². The van der Waals surface area contributed by atoms with Crippen LogP contribution in [0.1, 0.15) is 11.3 Å². The summed E-state index contributed by atoms with van der Waals surface area (Å²) in [6, 6.07) is 6.48. The molecule has 0 fully saturated rings. The lowest BCUT2D eigenvalue weighted by Gasteiger charge is -2.08. The number of hydrogen-bond donors (Lipinski definition) is 2. The molecule has 7 heteroatoms. The first-order valence-corrected chi connectivity index (χ1v) is 5.63. The Morgan fingerprint density at radius 1 is 1.42 bits per heavy atom. The van der Waals surface area contributed by atoms with Crippen molar-refractivity contribution in [3.8, 4) is 0 Å². The first kappa shape index (κ1) is 12.7. The van der Waals surface area contributed by atoms with Crippen molar-refractivity contribution in [3.63, 3.8) is 0 Å². The third-order valence-electron chi connectivity index (χ3n) is 2.63. The molecule has 0 saturated carbocycles. The largest absolute Gasteiger partial charge is 0.384 e. The van der Waals surface area contributed by atoms with E-state index in [2.05, 4.69) is 15.3 Å². The first-order valence-electron chi connectivity index (χ1n) is 5.63. The molecule has 19 heavy (non-hydrogen) atoms. The molecule has 0 atom stereocenters. The Bertz CT molecular complexity index is 615. The monoisotopic (exact) mass is 259 g/mol. The Morgan fingerprint density at radius 2 is 2.21 bits per heavy atom. The van der Waals surface area contributed by atoms with Crippen molar-refractivity contribution in [3.05, 3.63) is 51.8 Å². The molecule has 0 aliphatic heterocycles. The number of nitrogens with zero attached hydrogens (tertiary/aromatic N) is 3. The number of aromatic nitrogens is 2. The van der Waals surface area contributed by atoms with E-state index in [4.69, 9.17) is 5.73 Å². The lowest BCUT2D eigenvalue weighted by molar-refractivity contribution is -0.384. The smallest absolute Gasteiger partial charge is 0.311 e. The van der Waals surface area contributed by atoms with Crippen LogP contribution in [0.3, 0.4) is 0 Å². The highest BCUT2D eigenvalue weighted by Gasteiger charge is 2.15. The highest BCUT2D eigenvalue weighted by molar-refractivity contribution is 5.59. The normalized spacial score (nSPS) is 10.2. The molecule has 0 unspecified atom stereocenters. The Labute approximate surface area is 109 Å². The van der Waals surface area contributed by atoms with E-state index in [1.807, 2.05) is 19.1 Å². The fourth-order valence-corrected chi connectivity index (χ4v) is 1.62. The summed E-state index contributed by atoms with van der Waals surface area (Å²) < 4.78 is 0. The van der Waals surface area contributed by atoms with Crippen LogP contribution in [0.15, 0.2) is 30.5 Å². The Hall–Kier alpha value is -2.70. The highest BCUT2D eigenvalue weighted by Crippen LogP contribution is 2.23. The number of aryl methyl sites for hydroxylation is 1. The maximum absolute atomic E-state index is 10.9. The van der Waals surface area contributed by atoms with Crippen LogP contribution in [0.25, 0.3) is 0 Å². The summed E-state index contributed by atoms with van der Waals surface area (Å²) >= 11 is 0. The minimum Gasteiger partial charge on any atom is -0.384 e. The van der Waals surface area contributed by atoms with Gasteiger partial charge in [-0.1, -0.05) is 6.07 Å². The molecular formula is C12H13N5O2. The number of hydrogen-bond acceptors (Lipinski definition) is 6. The SMILES string of the molecule is Cc1cccnc1CNc1nc(N)ccc1[N+](=O)[O-]. The third kappa shape index (κ3) is 2.95. The van der Waals surface area contributed by atoms with Gasteiger partial charge in [0.15, 0.2) is 0 Å². The number of nitrogen functional groups attached to an aromatic ring is 1. The van der Waals surface area contributed by atoms with E-state index in [-0.39, 0.29) is 17.3 Å². The van der Waals surface area contributed by atoms with Crippen LogP contribution < -0.4 is 11.1 Å². The van der Waals surface area contributed by atoms with E-state index in [0.717, 1.165) is 11.3 Å².